The third-order valence-electron chi connectivity index (χ3n) is 4.76. The molecule has 0 aliphatic rings. The van der Waals surface area contributed by atoms with E-state index in [9.17, 15) is 23.9 Å². The Morgan fingerprint density at radius 2 is 1.90 bits per heavy atom. The average Bonchev–Trinajstić information content (AvgIpc) is 3.05. The fourth-order valence-corrected chi connectivity index (χ4v) is 3.12. The van der Waals surface area contributed by atoms with E-state index in [4.69, 9.17) is 0 Å². The Bertz CT molecular complexity index is 1130. The maximum atomic E-state index is 14.0. The summed E-state index contributed by atoms with van der Waals surface area (Å²) >= 11 is 0. The van der Waals surface area contributed by atoms with Gasteiger partial charge in [-0.15, -0.1) is 0 Å². The molecule has 2 aromatic carbocycles. The first-order chi connectivity index (χ1) is 13.8. The van der Waals surface area contributed by atoms with Crippen LogP contribution >= 0.6 is 0 Å². The van der Waals surface area contributed by atoms with Gasteiger partial charge in [0, 0.05) is 6.07 Å². The second-order valence-corrected chi connectivity index (χ2v) is 6.71. The van der Waals surface area contributed by atoms with Crippen LogP contribution in [0.25, 0.3) is 5.69 Å². The van der Waals surface area contributed by atoms with E-state index >= 15 is 0 Å². The molecule has 1 atom stereocenters. The van der Waals surface area contributed by atoms with Crippen molar-refractivity contribution in [3.05, 3.63) is 87.1 Å². The predicted octanol–water partition coefficient (Wildman–Crippen LogP) is 2.87. The van der Waals surface area contributed by atoms with Crippen LogP contribution in [0.1, 0.15) is 39.6 Å². The molecule has 1 unspecified atom stereocenters. The summed E-state index contributed by atoms with van der Waals surface area (Å²) < 4.78 is 14.9. The van der Waals surface area contributed by atoms with E-state index in [1.165, 1.54) is 18.2 Å². The highest BCUT2D eigenvalue weighted by molar-refractivity contribution is 5.92. The van der Waals surface area contributed by atoms with Crippen LogP contribution in [-0.4, -0.2) is 26.8 Å². The van der Waals surface area contributed by atoms with E-state index in [2.05, 4.69) is 10.4 Å². The maximum Gasteiger partial charge on any atom is 0.305 e. The number of benzene rings is 2. The average molecular weight is 397 g/mol. The molecule has 8 heteroatoms. The lowest BCUT2D eigenvalue weighted by atomic mass is 9.95. The van der Waals surface area contributed by atoms with Gasteiger partial charge in [0.1, 0.15) is 17.2 Å². The Kier molecular flexibility index (Phi) is 5.63. The van der Waals surface area contributed by atoms with Crippen LogP contribution in [0.2, 0.25) is 0 Å². The lowest BCUT2D eigenvalue weighted by Gasteiger charge is -2.20. The second kappa shape index (κ2) is 8.14. The van der Waals surface area contributed by atoms with Crippen LogP contribution in [0.3, 0.4) is 0 Å². The molecule has 0 spiro atoms. The maximum absolute atomic E-state index is 14.0. The van der Waals surface area contributed by atoms with Crippen LogP contribution < -0.4 is 10.9 Å². The van der Waals surface area contributed by atoms with Crippen molar-refractivity contribution in [3.8, 4) is 5.69 Å². The molecule has 3 aromatic rings. The van der Waals surface area contributed by atoms with Crippen LogP contribution in [0.4, 0.5) is 4.39 Å². The number of carbonyl (C=O) groups excluding carboxylic acids is 1. The lowest BCUT2D eigenvalue weighted by molar-refractivity contribution is -0.137. The molecule has 0 aliphatic carbocycles. The van der Waals surface area contributed by atoms with Gasteiger partial charge in [-0.2, -0.15) is 0 Å². The van der Waals surface area contributed by atoms with Gasteiger partial charge in [-0.1, -0.05) is 30.3 Å². The van der Waals surface area contributed by atoms with E-state index in [1.807, 2.05) is 19.9 Å². The zero-order valence-electron chi connectivity index (χ0n) is 15.9. The number of H-pyrrole nitrogens is 1. The number of aliphatic carboxylic acids is 1. The van der Waals surface area contributed by atoms with Gasteiger partial charge in [-0.25, -0.2) is 9.07 Å². The predicted molar refractivity (Wildman–Crippen MR) is 105 cm³/mol. The minimum Gasteiger partial charge on any atom is -0.481 e. The SMILES string of the molecule is Cc1cccc(C(CC(=O)O)NC(=O)c2cc(=O)n(-c3ccccc3F)[nH]2)c1C. The molecule has 0 fully saturated rings. The summed E-state index contributed by atoms with van der Waals surface area (Å²) in [6.45, 7) is 3.74. The molecule has 150 valence electrons. The summed E-state index contributed by atoms with van der Waals surface area (Å²) in [4.78, 5) is 36.3. The van der Waals surface area contributed by atoms with Gasteiger partial charge in [0.15, 0.2) is 0 Å². The molecule has 0 bridgehead atoms. The van der Waals surface area contributed by atoms with E-state index < -0.39 is 29.3 Å². The summed E-state index contributed by atoms with van der Waals surface area (Å²) in [5.74, 6) is -2.36. The minimum absolute atomic E-state index is 0.0202. The van der Waals surface area contributed by atoms with E-state index in [0.29, 0.717) is 5.56 Å². The monoisotopic (exact) mass is 397 g/mol. The summed E-state index contributed by atoms with van der Waals surface area (Å²) in [7, 11) is 0. The fourth-order valence-electron chi connectivity index (χ4n) is 3.12. The van der Waals surface area contributed by atoms with Crippen molar-refractivity contribution in [2.45, 2.75) is 26.3 Å². The van der Waals surface area contributed by atoms with Gasteiger partial charge in [0.2, 0.25) is 0 Å². The van der Waals surface area contributed by atoms with E-state index in [0.717, 1.165) is 21.9 Å². The smallest absolute Gasteiger partial charge is 0.305 e. The minimum atomic E-state index is -1.08. The highest BCUT2D eigenvalue weighted by atomic mass is 19.1. The summed E-state index contributed by atoms with van der Waals surface area (Å²) in [5.41, 5.74) is 1.79. The zero-order valence-corrected chi connectivity index (χ0v) is 15.9. The van der Waals surface area contributed by atoms with Gasteiger partial charge in [-0.05, 0) is 42.7 Å². The zero-order chi connectivity index (χ0) is 21.1. The second-order valence-electron chi connectivity index (χ2n) is 6.71. The van der Waals surface area contributed by atoms with Crippen molar-refractivity contribution in [2.75, 3.05) is 0 Å². The van der Waals surface area contributed by atoms with Gasteiger partial charge in [-0.3, -0.25) is 19.5 Å². The Labute approximate surface area is 165 Å². The number of carbonyl (C=O) groups is 2. The van der Waals surface area contributed by atoms with E-state index in [1.54, 1.807) is 18.2 Å². The molecule has 0 aliphatic heterocycles. The number of carboxylic acids is 1. The van der Waals surface area contributed by atoms with Crippen molar-refractivity contribution in [3.63, 3.8) is 0 Å². The highest BCUT2D eigenvalue weighted by Crippen LogP contribution is 2.23. The molecule has 7 nitrogen and oxygen atoms in total. The number of nitrogens with one attached hydrogen (secondary N) is 2. The molecule has 1 amide bonds. The lowest BCUT2D eigenvalue weighted by Crippen LogP contribution is -2.31. The molecule has 3 N–H and O–H groups in total. The van der Waals surface area contributed by atoms with Crippen LogP contribution in [0.5, 0.6) is 0 Å². The topological polar surface area (TPSA) is 104 Å². The summed E-state index contributed by atoms with van der Waals surface area (Å²) in [6.07, 6.45) is -0.325. The molecular formula is C21H20FN3O4. The molecule has 0 saturated carbocycles. The summed E-state index contributed by atoms with van der Waals surface area (Å²) in [5, 5.41) is 14.5. The Morgan fingerprint density at radius 3 is 2.59 bits per heavy atom. The van der Waals surface area contributed by atoms with Crippen LogP contribution in [-0.2, 0) is 4.79 Å². The quantitative estimate of drug-likeness (QED) is 0.595. The number of para-hydroxylation sites is 1. The molecule has 1 heterocycles. The Morgan fingerprint density at radius 1 is 1.17 bits per heavy atom. The first kappa shape index (κ1) is 20.1. The standard InChI is InChI=1S/C21H20FN3O4/c1-12-6-5-7-14(13(12)2)16(11-20(27)28)23-21(29)17-10-19(26)25(24-17)18-9-4-3-8-15(18)22/h3-10,16,24H,11H2,1-2H3,(H,23,29)(H,27,28). The third-order valence-corrected chi connectivity index (χ3v) is 4.76. The van der Waals surface area contributed by atoms with Crippen molar-refractivity contribution in [2.24, 2.45) is 0 Å². The van der Waals surface area contributed by atoms with Gasteiger partial charge in [0.25, 0.3) is 11.5 Å². The number of rotatable bonds is 6. The molecule has 3 rings (SSSR count). The first-order valence-corrected chi connectivity index (χ1v) is 8.93. The van der Waals surface area contributed by atoms with Crippen molar-refractivity contribution in [1.82, 2.24) is 15.1 Å². The normalized spacial score (nSPS) is 11.8. The number of aryl methyl sites for hydroxylation is 1. The number of hydrogen-bond donors (Lipinski definition) is 3. The molecule has 29 heavy (non-hydrogen) atoms. The number of aromatic amines is 1. The Balaban J connectivity index is 1.92. The van der Waals surface area contributed by atoms with E-state index in [-0.39, 0.29) is 17.8 Å². The van der Waals surface area contributed by atoms with Crippen LogP contribution in [0.15, 0.2) is 53.3 Å². The number of nitrogens with zero attached hydrogens (tertiary/aromatic N) is 1. The molecule has 0 saturated heterocycles. The first-order valence-electron chi connectivity index (χ1n) is 8.93. The van der Waals surface area contributed by atoms with Gasteiger partial charge < -0.3 is 10.4 Å². The summed E-state index contributed by atoms with van der Waals surface area (Å²) in [6, 6.07) is 11.3. The number of aromatic nitrogens is 2. The van der Waals surface area contributed by atoms with Crippen LogP contribution in [0, 0.1) is 19.7 Å². The number of amides is 1. The molecule has 1 aromatic heterocycles. The van der Waals surface area contributed by atoms with Crippen molar-refractivity contribution in [1.29, 1.82) is 0 Å². The van der Waals surface area contributed by atoms with Crippen molar-refractivity contribution < 1.29 is 19.1 Å². The molecule has 0 radical (unpaired) electrons. The number of hydrogen-bond acceptors (Lipinski definition) is 3. The van der Waals surface area contributed by atoms with Crippen molar-refractivity contribution >= 4 is 11.9 Å². The highest BCUT2D eigenvalue weighted by Gasteiger charge is 2.22. The van der Waals surface area contributed by atoms with Gasteiger partial charge >= 0.3 is 5.97 Å². The third kappa shape index (κ3) is 4.26. The Hall–Kier alpha value is -3.68. The van der Waals surface area contributed by atoms with Gasteiger partial charge in [0.05, 0.1) is 12.5 Å². The number of carboxylic acid groups (broad SMARTS) is 1. The fraction of sp³-hybridized carbons (Fsp3) is 0.190. The number of halogens is 1. The molecular weight excluding hydrogens is 377 g/mol. The largest absolute Gasteiger partial charge is 0.481 e.